The van der Waals surface area contributed by atoms with Crippen LogP contribution in [0, 0.1) is 0 Å². The van der Waals surface area contributed by atoms with Gasteiger partial charge in [-0.05, 0) is 44.9 Å². The lowest BCUT2D eigenvalue weighted by Crippen LogP contribution is -2.60. The second kappa shape index (κ2) is 41.0. The van der Waals surface area contributed by atoms with Gasteiger partial charge >= 0.3 is 16.4 Å². The van der Waals surface area contributed by atoms with Crippen LogP contribution in [0.15, 0.2) is 24.3 Å². The number of carbonyl (C=O) groups excluding carboxylic acids is 1. The number of allylic oxidation sites excluding steroid dienone is 4. The molecule has 1 aliphatic rings. The lowest BCUT2D eigenvalue weighted by Gasteiger charge is -2.41. The fourth-order valence-corrected chi connectivity index (χ4v) is 8.27. The molecule has 1 saturated heterocycles. The number of hydrogen-bond donors (Lipinski definition) is 4. The molecule has 1 aliphatic heterocycles. The molecule has 62 heavy (non-hydrogen) atoms. The molecule has 0 aliphatic carbocycles. The van der Waals surface area contributed by atoms with E-state index in [0.717, 1.165) is 57.8 Å². The summed E-state index contributed by atoms with van der Waals surface area (Å²) in [5, 5.41) is 30.7. The molecule has 6 unspecified atom stereocenters. The summed E-state index contributed by atoms with van der Waals surface area (Å²) < 4.78 is 59.2. The van der Waals surface area contributed by atoms with Crippen molar-refractivity contribution in [3.05, 3.63) is 24.3 Å². The predicted octanol–water partition coefficient (Wildman–Crippen LogP) is 11.2. The molecule has 1 rings (SSSR count). The molecular weight excluding hydrogens is 813 g/mol. The van der Waals surface area contributed by atoms with E-state index in [-0.39, 0.29) is 19.6 Å². The number of ether oxygens (including phenoxy) is 4. The van der Waals surface area contributed by atoms with Gasteiger partial charge in [0.2, 0.25) is 0 Å². The average Bonchev–Trinajstić information content (AvgIpc) is 3.24. The van der Waals surface area contributed by atoms with Crippen LogP contribution in [-0.4, -0.2) is 97.5 Å². The van der Waals surface area contributed by atoms with Gasteiger partial charge in [-0.25, -0.2) is 4.18 Å². The Bertz CT molecular complexity index is 1180. The van der Waals surface area contributed by atoms with Crippen LogP contribution < -0.4 is 0 Å². The number of hydrogen-bond acceptors (Lipinski definition) is 11. The van der Waals surface area contributed by atoms with Gasteiger partial charge in [-0.15, -0.1) is 0 Å². The summed E-state index contributed by atoms with van der Waals surface area (Å²) in [4.78, 5) is 12.9. The molecule has 1 heterocycles. The molecule has 0 aromatic carbocycles. The highest BCUT2D eigenvalue weighted by atomic mass is 32.3. The third kappa shape index (κ3) is 34.0. The standard InChI is InChI=1S/C49H92O12S/c1-3-5-7-9-11-13-15-17-19-21-22-23-25-27-29-31-33-35-37-39-57-41-43(42-58-49-47(53)48(61-62(54,55)56)46(52)44(40-50)60-49)59-45(51)38-36-34-32-30-28-26-24-20-18-16-14-12-10-8-6-4-2/h14,16,20,24,43-44,46-50,52-53H,3-13,15,17-19,21-23,25-42H2,1-2H3,(H,54,55,56)/b16-14-,24-20-. The van der Waals surface area contributed by atoms with Crippen LogP contribution in [-0.2, 0) is 38.3 Å². The lowest BCUT2D eigenvalue weighted by molar-refractivity contribution is -0.301. The Balaban J connectivity index is 2.37. The van der Waals surface area contributed by atoms with Crippen LogP contribution >= 0.6 is 0 Å². The summed E-state index contributed by atoms with van der Waals surface area (Å²) in [7, 11) is -5.06. The quantitative estimate of drug-likeness (QED) is 0.0197. The van der Waals surface area contributed by atoms with Crippen LogP contribution in [0.2, 0.25) is 0 Å². The van der Waals surface area contributed by atoms with Crippen molar-refractivity contribution in [2.75, 3.05) is 26.4 Å². The summed E-state index contributed by atoms with van der Waals surface area (Å²) in [6.07, 6.45) is 37.8. The van der Waals surface area contributed by atoms with Crippen molar-refractivity contribution in [3.63, 3.8) is 0 Å². The second-order valence-corrected chi connectivity index (χ2v) is 18.5. The lowest BCUT2D eigenvalue weighted by atomic mass is 9.99. The van der Waals surface area contributed by atoms with Crippen molar-refractivity contribution in [1.29, 1.82) is 0 Å². The van der Waals surface area contributed by atoms with Gasteiger partial charge in [0, 0.05) is 13.0 Å². The van der Waals surface area contributed by atoms with E-state index in [1.165, 1.54) is 135 Å². The molecule has 0 spiro atoms. The molecule has 0 aromatic heterocycles. The summed E-state index contributed by atoms with van der Waals surface area (Å²) in [5.41, 5.74) is 0. The van der Waals surface area contributed by atoms with Crippen molar-refractivity contribution in [2.24, 2.45) is 0 Å². The third-order valence-corrected chi connectivity index (χ3v) is 12.0. The van der Waals surface area contributed by atoms with E-state index in [9.17, 15) is 33.1 Å². The van der Waals surface area contributed by atoms with Crippen molar-refractivity contribution >= 4 is 16.4 Å². The van der Waals surface area contributed by atoms with Gasteiger partial charge in [0.1, 0.15) is 30.5 Å². The van der Waals surface area contributed by atoms with Gasteiger partial charge < -0.3 is 34.3 Å². The van der Waals surface area contributed by atoms with Gasteiger partial charge in [-0.2, -0.15) is 8.42 Å². The minimum atomic E-state index is -5.06. The highest BCUT2D eigenvalue weighted by Gasteiger charge is 2.48. The topological polar surface area (TPSA) is 178 Å². The Kier molecular flexibility index (Phi) is 38.8. The summed E-state index contributed by atoms with van der Waals surface area (Å²) in [5.74, 6) is -0.409. The van der Waals surface area contributed by atoms with Gasteiger partial charge in [-0.3, -0.25) is 9.35 Å². The Hall–Kier alpha value is -1.42. The molecule has 0 bridgehead atoms. The molecule has 0 radical (unpaired) electrons. The number of unbranched alkanes of at least 4 members (excludes halogenated alkanes) is 27. The van der Waals surface area contributed by atoms with E-state index >= 15 is 0 Å². The predicted molar refractivity (Wildman–Crippen MR) is 248 cm³/mol. The molecule has 1 fully saturated rings. The first-order chi connectivity index (χ1) is 30.1. The number of rotatable bonds is 44. The smallest absolute Gasteiger partial charge is 0.397 e. The van der Waals surface area contributed by atoms with Crippen molar-refractivity contribution in [2.45, 2.75) is 256 Å². The van der Waals surface area contributed by atoms with E-state index < -0.39 is 59.8 Å². The van der Waals surface area contributed by atoms with Crippen molar-refractivity contribution in [3.8, 4) is 0 Å². The monoisotopic (exact) mass is 905 g/mol. The van der Waals surface area contributed by atoms with E-state index in [0.29, 0.717) is 13.0 Å². The maximum atomic E-state index is 12.9. The Morgan fingerprint density at radius 3 is 1.55 bits per heavy atom. The van der Waals surface area contributed by atoms with Gasteiger partial charge in [-0.1, -0.05) is 192 Å². The fraction of sp³-hybridized carbons (Fsp3) is 0.898. The van der Waals surface area contributed by atoms with E-state index in [4.69, 9.17) is 18.9 Å². The first kappa shape index (κ1) is 58.6. The average molecular weight is 905 g/mol. The van der Waals surface area contributed by atoms with Crippen molar-refractivity contribution in [1.82, 2.24) is 0 Å². The number of esters is 1. The first-order valence-electron chi connectivity index (χ1n) is 25.1. The van der Waals surface area contributed by atoms with Gasteiger partial charge in [0.15, 0.2) is 6.29 Å². The van der Waals surface area contributed by atoms with Crippen LogP contribution in [0.3, 0.4) is 0 Å². The first-order valence-corrected chi connectivity index (χ1v) is 26.5. The molecule has 0 amide bonds. The number of aliphatic hydroxyl groups excluding tert-OH is 3. The molecule has 6 atom stereocenters. The summed E-state index contributed by atoms with van der Waals surface area (Å²) in [6, 6.07) is 0. The Morgan fingerprint density at radius 2 is 1.06 bits per heavy atom. The third-order valence-electron chi connectivity index (χ3n) is 11.6. The van der Waals surface area contributed by atoms with Crippen LogP contribution in [0.4, 0.5) is 0 Å². The second-order valence-electron chi connectivity index (χ2n) is 17.4. The number of carbonyl (C=O) groups is 1. The van der Waals surface area contributed by atoms with Gasteiger partial charge in [0.05, 0.1) is 19.8 Å². The zero-order chi connectivity index (χ0) is 45.4. The Labute approximate surface area is 378 Å². The van der Waals surface area contributed by atoms with Crippen molar-refractivity contribution < 1.29 is 56.2 Å². The Morgan fingerprint density at radius 1 is 0.613 bits per heavy atom. The molecule has 0 aromatic rings. The normalized spacial score (nSPS) is 20.1. The minimum absolute atomic E-state index is 0.0346. The van der Waals surface area contributed by atoms with Crippen LogP contribution in [0.1, 0.15) is 219 Å². The summed E-state index contributed by atoms with van der Waals surface area (Å²) in [6.45, 7) is 3.99. The van der Waals surface area contributed by atoms with Crippen LogP contribution in [0.5, 0.6) is 0 Å². The number of aliphatic hydroxyl groups is 3. The molecule has 366 valence electrons. The van der Waals surface area contributed by atoms with E-state index in [1.54, 1.807) is 0 Å². The molecule has 0 saturated carbocycles. The summed E-state index contributed by atoms with van der Waals surface area (Å²) >= 11 is 0. The van der Waals surface area contributed by atoms with Crippen LogP contribution in [0.25, 0.3) is 0 Å². The van der Waals surface area contributed by atoms with Gasteiger partial charge in [0.25, 0.3) is 0 Å². The van der Waals surface area contributed by atoms with E-state index in [2.05, 4.69) is 42.3 Å². The van der Waals surface area contributed by atoms with E-state index in [1.807, 2.05) is 0 Å². The zero-order valence-electron chi connectivity index (χ0n) is 39.2. The largest absolute Gasteiger partial charge is 0.457 e. The molecule has 13 heteroatoms. The molecule has 4 N–H and O–H groups in total. The maximum Gasteiger partial charge on any atom is 0.397 e. The minimum Gasteiger partial charge on any atom is -0.457 e. The highest BCUT2D eigenvalue weighted by molar-refractivity contribution is 7.80. The fourth-order valence-electron chi connectivity index (χ4n) is 7.76. The highest BCUT2D eigenvalue weighted by Crippen LogP contribution is 2.26. The zero-order valence-corrected chi connectivity index (χ0v) is 40.0. The SMILES string of the molecule is CCCCCC/C=C\C/C=C\CCCCCCCC(=O)OC(COCCCCCCCCCCCCCCCCCCCCC)COC1OC(CO)C(O)C(OS(=O)(=O)O)C1O. The maximum absolute atomic E-state index is 12.9. The molecular formula is C49H92O12S. The molecule has 12 nitrogen and oxygen atoms in total.